The van der Waals surface area contributed by atoms with Crippen LogP contribution in [0.25, 0.3) is 0 Å². The first-order valence-corrected chi connectivity index (χ1v) is 10.0. The van der Waals surface area contributed by atoms with Gasteiger partial charge in [-0.2, -0.15) is 4.31 Å². The Morgan fingerprint density at radius 2 is 1.81 bits per heavy atom. The van der Waals surface area contributed by atoms with Gasteiger partial charge in [0, 0.05) is 30.5 Å². The highest BCUT2D eigenvalue weighted by Crippen LogP contribution is 2.24. The monoisotopic (exact) mass is 390 g/mol. The lowest BCUT2D eigenvalue weighted by atomic mass is 10.3. The number of aryl methyl sites for hydroxylation is 2. The molecule has 144 valence electrons. The molecule has 2 aromatic rings. The summed E-state index contributed by atoms with van der Waals surface area (Å²) in [5.74, 6) is -0.209. The van der Waals surface area contributed by atoms with E-state index in [1.54, 1.807) is 12.1 Å². The molecule has 0 unspecified atom stereocenters. The zero-order valence-corrected chi connectivity index (χ0v) is 16.3. The molecule has 2 heterocycles. The number of rotatable bonds is 5. The van der Waals surface area contributed by atoms with E-state index in [4.69, 9.17) is 4.74 Å². The number of carbonyl (C=O) groups excluding carboxylic acids is 1. The van der Waals surface area contributed by atoms with Gasteiger partial charge in [0.15, 0.2) is 0 Å². The highest BCUT2D eigenvalue weighted by Gasteiger charge is 2.34. The van der Waals surface area contributed by atoms with Crippen LogP contribution in [0.2, 0.25) is 0 Å². The van der Waals surface area contributed by atoms with Gasteiger partial charge in [0.05, 0.1) is 11.4 Å². The summed E-state index contributed by atoms with van der Waals surface area (Å²) >= 11 is 0. The first kappa shape index (κ1) is 19.2. The van der Waals surface area contributed by atoms with Crippen LogP contribution in [-0.4, -0.2) is 47.8 Å². The molecule has 1 aromatic carbocycles. The molecule has 3 rings (SSSR count). The van der Waals surface area contributed by atoms with Gasteiger partial charge in [0.1, 0.15) is 6.10 Å². The number of sulfonamides is 1. The molecule has 1 N–H and O–H groups in total. The van der Waals surface area contributed by atoms with Crippen LogP contribution in [0.15, 0.2) is 35.2 Å². The quantitative estimate of drug-likeness (QED) is 0.837. The SMILES string of the molecule is CC(=O)Nc1ccc(S(=O)(=O)N2CC[C@@H](Oc3nc(C)cc(C)n3)C2)cc1. The number of amides is 1. The maximum Gasteiger partial charge on any atom is 0.317 e. The molecule has 1 fully saturated rings. The first-order chi connectivity index (χ1) is 12.7. The van der Waals surface area contributed by atoms with Crippen molar-refractivity contribution in [2.24, 2.45) is 0 Å². The molecule has 1 aliphatic rings. The van der Waals surface area contributed by atoms with Gasteiger partial charge in [-0.3, -0.25) is 4.79 Å². The van der Waals surface area contributed by atoms with Gasteiger partial charge in [-0.15, -0.1) is 0 Å². The number of aromatic nitrogens is 2. The van der Waals surface area contributed by atoms with Gasteiger partial charge < -0.3 is 10.1 Å². The van der Waals surface area contributed by atoms with E-state index in [2.05, 4.69) is 15.3 Å². The lowest BCUT2D eigenvalue weighted by molar-refractivity contribution is -0.114. The molecule has 0 radical (unpaired) electrons. The van der Waals surface area contributed by atoms with E-state index in [-0.39, 0.29) is 29.5 Å². The number of nitrogens with zero attached hydrogens (tertiary/aromatic N) is 3. The summed E-state index contributed by atoms with van der Waals surface area (Å²) in [7, 11) is -3.63. The Labute approximate surface area is 158 Å². The normalized spacial score (nSPS) is 17.7. The Balaban J connectivity index is 1.68. The molecule has 8 nitrogen and oxygen atoms in total. The zero-order chi connectivity index (χ0) is 19.6. The summed E-state index contributed by atoms with van der Waals surface area (Å²) in [5, 5.41) is 2.62. The van der Waals surface area contributed by atoms with E-state index in [1.165, 1.54) is 23.4 Å². The number of nitrogens with one attached hydrogen (secondary N) is 1. The lowest BCUT2D eigenvalue weighted by Gasteiger charge is -2.17. The van der Waals surface area contributed by atoms with Gasteiger partial charge >= 0.3 is 6.01 Å². The Bertz CT molecular complexity index is 924. The van der Waals surface area contributed by atoms with E-state index in [0.29, 0.717) is 18.7 Å². The zero-order valence-electron chi connectivity index (χ0n) is 15.5. The third-order valence-corrected chi connectivity index (χ3v) is 6.03. The molecular weight excluding hydrogens is 368 g/mol. The molecule has 27 heavy (non-hydrogen) atoms. The van der Waals surface area contributed by atoms with Crippen molar-refractivity contribution in [1.82, 2.24) is 14.3 Å². The fourth-order valence-corrected chi connectivity index (χ4v) is 4.46. The largest absolute Gasteiger partial charge is 0.459 e. The van der Waals surface area contributed by atoms with Crippen LogP contribution in [0, 0.1) is 13.8 Å². The molecule has 1 aromatic heterocycles. The highest BCUT2D eigenvalue weighted by atomic mass is 32.2. The van der Waals surface area contributed by atoms with Crippen LogP contribution < -0.4 is 10.1 Å². The van der Waals surface area contributed by atoms with Gasteiger partial charge in [-0.1, -0.05) is 0 Å². The fourth-order valence-electron chi connectivity index (χ4n) is 2.97. The van der Waals surface area contributed by atoms with E-state index >= 15 is 0 Å². The second-order valence-electron chi connectivity index (χ2n) is 6.53. The second kappa shape index (κ2) is 7.61. The Morgan fingerprint density at radius 3 is 2.41 bits per heavy atom. The molecule has 0 saturated carbocycles. The highest BCUT2D eigenvalue weighted by molar-refractivity contribution is 7.89. The maximum absolute atomic E-state index is 12.8. The summed E-state index contributed by atoms with van der Waals surface area (Å²) in [6, 6.07) is 8.24. The number of benzene rings is 1. The first-order valence-electron chi connectivity index (χ1n) is 8.61. The average molecular weight is 390 g/mol. The Hall–Kier alpha value is -2.52. The predicted molar refractivity (Wildman–Crippen MR) is 100 cm³/mol. The van der Waals surface area contributed by atoms with Crippen molar-refractivity contribution in [3.63, 3.8) is 0 Å². The van der Waals surface area contributed by atoms with Gasteiger partial charge in [0.2, 0.25) is 15.9 Å². The molecule has 0 spiro atoms. The van der Waals surface area contributed by atoms with E-state index in [9.17, 15) is 13.2 Å². The summed E-state index contributed by atoms with van der Waals surface area (Å²) in [5.41, 5.74) is 2.16. The minimum absolute atomic E-state index is 0.180. The van der Waals surface area contributed by atoms with E-state index < -0.39 is 10.0 Å². The number of anilines is 1. The Morgan fingerprint density at radius 1 is 1.19 bits per heavy atom. The van der Waals surface area contributed by atoms with Gasteiger partial charge in [-0.05, 0) is 50.6 Å². The van der Waals surface area contributed by atoms with Crippen molar-refractivity contribution in [3.05, 3.63) is 41.7 Å². The molecule has 1 atom stereocenters. The van der Waals surface area contributed by atoms with Gasteiger partial charge in [-0.25, -0.2) is 18.4 Å². The molecule has 1 aliphatic heterocycles. The number of carbonyl (C=O) groups is 1. The van der Waals surface area contributed by atoms with Crippen molar-refractivity contribution in [2.75, 3.05) is 18.4 Å². The number of hydrogen-bond donors (Lipinski definition) is 1. The van der Waals surface area contributed by atoms with Crippen molar-refractivity contribution in [1.29, 1.82) is 0 Å². The summed E-state index contributed by atoms with van der Waals surface area (Å²) in [6.07, 6.45) is 0.277. The standard InChI is InChI=1S/C18H22N4O4S/c1-12-10-13(2)20-18(19-12)26-16-8-9-22(11-16)27(24,25)17-6-4-15(5-7-17)21-14(3)23/h4-7,10,16H,8-9,11H2,1-3H3,(H,21,23)/t16-/m1/s1. The summed E-state index contributed by atoms with van der Waals surface area (Å²) in [6.45, 7) is 5.72. The predicted octanol–water partition coefficient (Wildman–Crippen LogP) is 1.89. The van der Waals surface area contributed by atoms with Crippen LogP contribution in [0.5, 0.6) is 6.01 Å². The maximum atomic E-state index is 12.8. The van der Waals surface area contributed by atoms with E-state index in [1.807, 2.05) is 19.9 Å². The minimum Gasteiger partial charge on any atom is -0.459 e. The molecule has 9 heteroatoms. The van der Waals surface area contributed by atoms with Crippen LogP contribution in [0.3, 0.4) is 0 Å². The van der Waals surface area contributed by atoms with Crippen LogP contribution in [-0.2, 0) is 14.8 Å². The molecular formula is C18H22N4O4S. The lowest BCUT2D eigenvalue weighted by Crippen LogP contribution is -2.31. The van der Waals surface area contributed by atoms with Crippen molar-refractivity contribution in [2.45, 2.75) is 38.2 Å². The fraction of sp³-hybridized carbons (Fsp3) is 0.389. The van der Waals surface area contributed by atoms with Crippen LogP contribution >= 0.6 is 0 Å². The topological polar surface area (TPSA) is 101 Å². The van der Waals surface area contributed by atoms with Gasteiger partial charge in [0.25, 0.3) is 0 Å². The molecule has 0 bridgehead atoms. The number of hydrogen-bond acceptors (Lipinski definition) is 6. The second-order valence-corrected chi connectivity index (χ2v) is 8.47. The van der Waals surface area contributed by atoms with Crippen molar-refractivity contribution in [3.8, 4) is 6.01 Å². The van der Waals surface area contributed by atoms with Crippen molar-refractivity contribution >= 4 is 21.6 Å². The van der Waals surface area contributed by atoms with Crippen LogP contribution in [0.1, 0.15) is 24.7 Å². The summed E-state index contributed by atoms with van der Waals surface area (Å²) < 4.78 is 32.8. The van der Waals surface area contributed by atoms with E-state index in [0.717, 1.165) is 11.4 Å². The summed E-state index contributed by atoms with van der Waals surface area (Å²) in [4.78, 5) is 19.7. The van der Waals surface area contributed by atoms with Crippen LogP contribution in [0.4, 0.5) is 5.69 Å². The average Bonchev–Trinajstić information content (AvgIpc) is 3.03. The molecule has 0 aliphatic carbocycles. The number of ether oxygens (including phenoxy) is 1. The van der Waals surface area contributed by atoms with Crippen molar-refractivity contribution < 1.29 is 17.9 Å². The smallest absolute Gasteiger partial charge is 0.317 e. The molecule has 1 amide bonds. The molecule has 1 saturated heterocycles. The Kier molecular flexibility index (Phi) is 5.43. The third kappa shape index (κ3) is 4.61. The minimum atomic E-state index is -3.63. The third-order valence-electron chi connectivity index (χ3n) is 4.15.